The first-order valence-electron chi connectivity index (χ1n) is 9.81. The van der Waals surface area contributed by atoms with E-state index in [4.69, 9.17) is 9.47 Å². The minimum absolute atomic E-state index is 0.359. The van der Waals surface area contributed by atoms with Crippen molar-refractivity contribution in [3.63, 3.8) is 0 Å². The summed E-state index contributed by atoms with van der Waals surface area (Å²) in [6.45, 7) is 5.53. The molecule has 0 radical (unpaired) electrons. The molecule has 0 aliphatic carbocycles. The van der Waals surface area contributed by atoms with Gasteiger partial charge in [0.05, 0.1) is 31.5 Å². The number of guanidine groups is 1. The fraction of sp³-hybridized carbons (Fsp3) is 0.650. The third-order valence-electron chi connectivity index (χ3n) is 5.64. The smallest absolute Gasteiger partial charge is 0.191 e. The number of morpholine rings is 1. The number of rotatable bonds is 5. The molecule has 0 spiro atoms. The quantitative estimate of drug-likeness (QED) is 0.617. The third kappa shape index (κ3) is 4.37. The highest BCUT2D eigenvalue weighted by Gasteiger charge is 2.41. The first-order chi connectivity index (χ1) is 12.8. The van der Waals surface area contributed by atoms with Crippen molar-refractivity contribution in [3.8, 4) is 0 Å². The number of fused-ring (bicyclic) bond motifs is 2. The second kappa shape index (κ2) is 8.37. The number of benzene rings is 1. The second-order valence-corrected chi connectivity index (χ2v) is 7.49. The number of hydrogen-bond donors (Lipinski definition) is 2. The standard InChI is InChI=1S/C20H30N4O2/c1-21-20(23-18-12-17-6-7-19(18)26-17)22-13-15-2-4-16(5-3-15)14-24-8-10-25-11-9-24/h2-5,17-19H,6-14H2,1H3,(H2,21,22,23). The number of ether oxygens (including phenoxy) is 2. The topological polar surface area (TPSA) is 58.1 Å². The molecule has 3 fully saturated rings. The molecule has 6 nitrogen and oxygen atoms in total. The molecule has 3 unspecified atom stereocenters. The molecular formula is C20H30N4O2. The Labute approximate surface area is 156 Å². The molecule has 1 aromatic carbocycles. The van der Waals surface area contributed by atoms with E-state index in [1.165, 1.54) is 24.0 Å². The largest absolute Gasteiger partial charge is 0.379 e. The Bertz CT molecular complexity index is 613. The predicted molar refractivity (Wildman–Crippen MR) is 102 cm³/mol. The molecule has 0 aromatic heterocycles. The summed E-state index contributed by atoms with van der Waals surface area (Å²) in [6.07, 6.45) is 4.30. The van der Waals surface area contributed by atoms with Crippen molar-refractivity contribution >= 4 is 5.96 Å². The average molecular weight is 358 g/mol. The van der Waals surface area contributed by atoms with Crippen LogP contribution in [0.5, 0.6) is 0 Å². The summed E-state index contributed by atoms with van der Waals surface area (Å²) >= 11 is 0. The molecule has 3 atom stereocenters. The zero-order valence-electron chi connectivity index (χ0n) is 15.6. The normalized spacial score (nSPS) is 29.1. The van der Waals surface area contributed by atoms with Crippen LogP contribution in [0.4, 0.5) is 0 Å². The van der Waals surface area contributed by atoms with Gasteiger partial charge in [-0.3, -0.25) is 9.89 Å². The Balaban J connectivity index is 1.24. The van der Waals surface area contributed by atoms with Gasteiger partial charge in [0, 0.05) is 33.2 Å². The SMILES string of the molecule is CN=C(NCc1ccc(CN2CCOCC2)cc1)NC1CC2CCC1O2. The van der Waals surface area contributed by atoms with Crippen LogP contribution in [0.2, 0.25) is 0 Å². The maximum absolute atomic E-state index is 5.91. The lowest BCUT2D eigenvalue weighted by Crippen LogP contribution is -2.47. The van der Waals surface area contributed by atoms with Crippen molar-refractivity contribution in [2.24, 2.45) is 4.99 Å². The van der Waals surface area contributed by atoms with Gasteiger partial charge >= 0.3 is 0 Å². The summed E-state index contributed by atoms with van der Waals surface area (Å²) in [6, 6.07) is 9.27. The first kappa shape index (κ1) is 17.8. The maximum Gasteiger partial charge on any atom is 0.191 e. The van der Waals surface area contributed by atoms with E-state index < -0.39 is 0 Å². The second-order valence-electron chi connectivity index (χ2n) is 7.49. The van der Waals surface area contributed by atoms with Gasteiger partial charge in [-0.25, -0.2) is 0 Å². The van der Waals surface area contributed by atoms with Gasteiger partial charge in [-0.15, -0.1) is 0 Å². The fourth-order valence-electron chi connectivity index (χ4n) is 4.13. The van der Waals surface area contributed by atoms with Crippen LogP contribution in [-0.2, 0) is 22.6 Å². The van der Waals surface area contributed by atoms with Crippen LogP contribution in [0.3, 0.4) is 0 Å². The monoisotopic (exact) mass is 358 g/mol. The van der Waals surface area contributed by atoms with Crippen LogP contribution >= 0.6 is 0 Å². The first-order valence-corrected chi connectivity index (χ1v) is 9.81. The van der Waals surface area contributed by atoms with Crippen LogP contribution in [0, 0.1) is 0 Å². The van der Waals surface area contributed by atoms with Crippen molar-refractivity contribution in [1.29, 1.82) is 0 Å². The zero-order chi connectivity index (χ0) is 17.8. The molecule has 1 aromatic rings. The minimum atomic E-state index is 0.359. The molecule has 3 aliphatic heterocycles. The van der Waals surface area contributed by atoms with Gasteiger partial charge in [-0.05, 0) is 30.4 Å². The summed E-state index contributed by atoms with van der Waals surface area (Å²) in [4.78, 5) is 6.81. The number of nitrogens with one attached hydrogen (secondary N) is 2. The van der Waals surface area contributed by atoms with Crippen molar-refractivity contribution in [2.45, 2.75) is 50.6 Å². The molecular weight excluding hydrogens is 328 g/mol. The fourth-order valence-corrected chi connectivity index (χ4v) is 4.13. The van der Waals surface area contributed by atoms with Gasteiger partial charge in [0.1, 0.15) is 0 Å². The van der Waals surface area contributed by atoms with E-state index in [-0.39, 0.29) is 0 Å². The molecule has 0 amide bonds. The van der Waals surface area contributed by atoms with Gasteiger partial charge in [0.2, 0.25) is 0 Å². The van der Waals surface area contributed by atoms with E-state index in [9.17, 15) is 0 Å². The lowest BCUT2D eigenvalue weighted by atomic mass is 9.96. The van der Waals surface area contributed by atoms with Gasteiger partial charge < -0.3 is 20.1 Å². The van der Waals surface area contributed by atoms with Gasteiger partial charge in [-0.1, -0.05) is 24.3 Å². The van der Waals surface area contributed by atoms with E-state index in [2.05, 4.69) is 44.8 Å². The lowest BCUT2D eigenvalue weighted by molar-refractivity contribution is 0.0342. The molecule has 4 rings (SSSR count). The summed E-state index contributed by atoms with van der Waals surface area (Å²) < 4.78 is 11.3. The molecule has 3 saturated heterocycles. The number of nitrogens with zero attached hydrogens (tertiary/aromatic N) is 2. The van der Waals surface area contributed by atoms with Crippen LogP contribution in [0.25, 0.3) is 0 Å². The number of hydrogen-bond acceptors (Lipinski definition) is 4. The van der Waals surface area contributed by atoms with E-state index in [0.717, 1.165) is 51.8 Å². The van der Waals surface area contributed by atoms with Crippen LogP contribution in [0.15, 0.2) is 29.3 Å². The summed E-state index contributed by atoms with van der Waals surface area (Å²) in [5, 5.41) is 6.96. The highest BCUT2D eigenvalue weighted by molar-refractivity contribution is 5.80. The summed E-state index contributed by atoms with van der Waals surface area (Å²) in [7, 11) is 1.83. The van der Waals surface area contributed by atoms with Crippen LogP contribution in [0.1, 0.15) is 30.4 Å². The Morgan fingerprint density at radius 1 is 1.15 bits per heavy atom. The van der Waals surface area contributed by atoms with Gasteiger partial charge in [0.15, 0.2) is 5.96 Å². The molecule has 2 bridgehead atoms. The van der Waals surface area contributed by atoms with E-state index in [0.29, 0.717) is 18.2 Å². The predicted octanol–water partition coefficient (Wildman–Crippen LogP) is 1.50. The molecule has 0 saturated carbocycles. The van der Waals surface area contributed by atoms with Gasteiger partial charge in [0.25, 0.3) is 0 Å². The zero-order valence-corrected chi connectivity index (χ0v) is 15.6. The highest BCUT2D eigenvalue weighted by Crippen LogP contribution is 2.34. The molecule has 142 valence electrons. The highest BCUT2D eigenvalue weighted by atomic mass is 16.5. The molecule has 3 heterocycles. The Morgan fingerprint density at radius 2 is 1.92 bits per heavy atom. The van der Waals surface area contributed by atoms with Crippen LogP contribution in [-0.4, -0.2) is 62.5 Å². The Morgan fingerprint density at radius 3 is 2.58 bits per heavy atom. The van der Waals surface area contributed by atoms with Crippen molar-refractivity contribution in [1.82, 2.24) is 15.5 Å². The van der Waals surface area contributed by atoms with Crippen molar-refractivity contribution in [2.75, 3.05) is 33.4 Å². The molecule has 3 aliphatic rings. The summed E-state index contributed by atoms with van der Waals surface area (Å²) in [5.74, 6) is 0.864. The van der Waals surface area contributed by atoms with E-state index in [1.807, 2.05) is 7.05 Å². The minimum Gasteiger partial charge on any atom is -0.379 e. The third-order valence-corrected chi connectivity index (χ3v) is 5.64. The molecule has 6 heteroatoms. The van der Waals surface area contributed by atoms with E-state index >= 15 is 0 Å². The average Bonchev–Trinajstić information content (AvgIpc) is 3.30. The summed E-state index contributed by atoms with van der Waals surface area (Å²) in [5.41, 5.74) is 2.63. The molecule has 2 N–H and O–H groups in total. The number of aliphatic imine (C=N–C) groups is 1. The molecule has 26 heavy (non-hydrogen) atoms. The lowest BCUT2D eigenvalue weighted by Gasteiger charge is -2.26. The van der Waals surface area contributed by atoms with Crippen molar-refractivity contribution < 1.29 is 9.47 Å². The maximum atomic E-state index is 5.91. The Kier molecular flexibility index (Phi) is 5.72. The van der Waals surface area contributed by atoms with Gasteiger partial charge in [-0.2, -0.15) is 0 Å². The van der Waals surface area contributed by atoms with Crippen molar-refractivity contribution in [3.05, 3.63) is 35.4 Å². The Hall–Kier alpha value is -1.63. The van der Waals surface area contributed by atoms with E-state index in [1.54, 1.807) is 0 Å². The van der Waals surface area contributed by atoms with Crippen LogP contribution < -0.4 is 10.6 Å².